The van der Waals surface area contributed by atoms with Gasteiger partial charge in [-0.3, -0.25) is 9.59 Å². The summed E-state index contributed by atoms with van der Waals surface area (Å²) in [6.07, 6.45) is 0.130. The lowest BCUT2D eigenvalue weighted by Crippen LogP contribution is -2.53. The summed E-state index contributed by atoms with van der Waals surface area (Å²) in [6.45, 7) is 3.63. The van der Waals surface area contributed by atoms with E-state index in [0.29, 0.717) is 27.9 Å². The van der Waals surface area contributed by atoms with Crippen molar-refractivity contribution >= 4 is 34.8 Å². The number of hydrogen-bond donors (Lipinski definition) is 1. The molecular formula is C20H21ClN2O4. The molecule has 0 aliphatic carbocycles. The van der Waals surface area contributed by atoms with E-state index in [1.807, 2.05) is 0 Å². The molecule has 142 valence electrons. The molecule has 2 amide bonds. The molecule has 2 aromatic rings. The van der Waals surface area contributed by atoms with E-state index in [-0.39, 0.29) is 24.8 Å². The van der Waals surface area contributed by atoms with Crippen LogP contribution in [0.5, 0.6) is 11.5 Å². The summed E-state index contributed by atoms with van der Waals surface area (Å²) in [5, 5.41) is 3.31. The maximum Gasteiger partial charge on any atom is 0.270 e. The van der Waals surface area contributed by atoms with Gasteiger partial charge < -0.3 is 19.7 Å². The SMILES string of the molecule is COc1cccc(NC(=O)CCN2C(=O)C(C)(C)Oc3ccc(Cl)cc32)c1. The van der Waals surface area contributed by atoms with Gasteiger partial charge >= 0.3 is 0 Å². The predicted octanol–water partition coefficient (Wildman–Crippen LogP) is 3.88. The van der Waals surface area contributed by atoms with E-state index in [1.165, 1.54) is 0 Å². The van der Waals surface area contributed by atoms with Gasteiger partial charge in [-0.2, -0.15) is 0 Å². The molecule has 0 spiro atoms. The average Bonchev–Trinajstić information content (AvgIpc) is 2.63. The number of carbonyl (C=O) groups excluding carboxylic acids is 2. The summed E-state index contributed by atoms with van der Waals surface area (Å²) < 4.78 is 10.9. The first kappa shape index (κ1) is 19.0. The third-order valence-electron chi connectivity index (χ3n) is 4.25. The number of anilines is 2. The highest BCUT2D eigenvalue weighted by molar-refractivity contribution is 6.31. The van der Waals surface area contributed by atoms with Crippen LogP contribution in [0.15, 0.2) is 42.5 Å². The highest BCUT2D eigenvalue weighted by atomic mass is 35.5. The molecule has 0 atom stereocenters. The normalized spacial score (nSPS) is 15.0. The van der Waals surface area contributed by atoms with E-state index in [9.17, 15) is 9.59 Å². The van der Waals surface area contributed by atoms with Crippen molar-refractivity contribution in [1.29, 1.82) is 0 Å². The minimum absolute atomic E-state index is 0.130. The number of fused-ring (bicyclic) bond motifs is 1. The van der Waals surface area contributed by atoms with E-state index in [0.717, 1.165) is 0 Å². The molecule has 7 heteroatoms. The van der Waals surface area contributed by atoms with Gasteiger partial charge in [-0.05, 0) is 44.2 Å². The van der Waals surface area contributed by atoms with Crippen molar-refractivity contribution in [2.45, 2.75) is 25.9 Å². The number of rotatable bonds is 5. The Hall–Kier alpha value is -2.73. The molecular weight excluding hydrogens is 368 g/mol. The third-order valence-corrected chi connectivity index (χ3v) is 4.49. The zero-order valence-electron chi connectivity index (χ0n) is 15.4. The van der Waals surface area contributed by atoms with E-state index in [4.69, 9.17) is 21.1 Å². The van der Waals surface area contributed by atoms with Gasteiger partial charge in [0.2, 0.25) is 5.91 Å². The van der Waals surface area contributed by atoms with Gasteiger partial charge in [0.1, 0.15) is 11.5 Å². The maximum atomic E-state index is 12.8. The summed E-state index contributed by atoms with van der Waals surface area (Å²) in [6, 6.07) is 12.2. The van der Waals surface area contributed by atoms with Crippen LogP contribution >= 0.6 is 11.6 Å². The molecule has 27 heavy (non-hydrogen) atoms. The molecule has 6 nitrogen and oxygen atoms in total. The fourth-order valence-corrected chi connectivity index (χ4v) is 3.07. The minimum Gasteiger partial charge on any atom is -0.497 e. The van der Waals surface area contributed by atoms with Crippen LogP contribution in [0.4, 0.5) is 11.4 Å². The topological polar surface area (TPSA) is 67.9 Å². The molecule has 0 unspecified atom stereocenters. The Kier molecular flexibility index (Phi) is 5.28. The number of carbonyl (C=O) groups is 2. The largest absolute Gasteiger partial charge is 0.497 e. The molecule has 3 rings (SSSR count). The Morgan fingerprint density at radius 1 is 1.26 bits per heavy atom. The Balaban J connectivity index is 1.73. The summed E-state index contributed by atoms with van der Waals surface area (Å²) in [7, 11) is 1.56. The van der Waals surface area contributed by atoms with E-state index in [2.05, 4.69) is 5.32 Å². The number of nitrogens with zero attached hydrogens (tertiary/aromatic N) is 1. The minimum atomic E-state index is -1.01. The van der Waals surface area contributed by atoms with Crippen LogP contribution in [0.1, 0.15) is 20.3 Å². The zero-order valence-corrected chi connectivity index (χ0v) is 16.2. The fraction of sp³-hybridized carbons (Fsp3) is 0.300. The molecule has 1 aliphatic heterocycles. The number of benzene rings is 2. The number of ether oxygens (including phenoxy) is 2. The molecule has 0 bridgehead atoms. The van der Waals surface area contributed by atoms with Crippen molar-refractivity contribution in [1.82, 2.24) is 0 Å². The number of nitrogens with one attached hydrogen (secondary N) is 1. The summed E-state index contributed by atoms with van der Waals surface area (Å²) in [5.41, 5.74) is 0.196. The van der Waals surface area contributed by atoms with Crippen LogP contribution < -0.4 is 19.7 Å². The second-order valence-corrected chi connectivity index (χ2v) is 7.15. The van der Waals surface area contributed by atoms with E-state index in [1.54, 1.807) is 68.3 Å². The van der Waals surface area contributed by atoms with Crippen molar-refractivity contribution < 1.29 is 19.1 Å². The molecule has 1 aliphatic rings. The summed E-state index contributed by atoms with van der Waals surface area (Å²) in [5.74, 6) is 0.800. The molecule has 2 aromatic carbocycles. The number of methoxy groups -OCH3 is 1. The Labute approximate surface area is 163 Å². The Morgan fingerprint density at radius 3 is 2.78 bits per heavy atom. The monoisotopic (exact) mass is 388 g/mol. The second-order valence-electron chi connectivity index (χ2n) is 6.71. The van der Waals surface area contributed by atoms with Gasteiger partial charge in [0, 0.05) is 29.7 Å². The number of amides is 2. The first-order chi connectivity index (χ1) is 12.8. The van der Waals surface area contributed by atoms with E-state index >= 15 is 0 Å². The predicted molar refractivity (Wildman–Crippen MR) is 105 cm³/mol. The second kappa shape index (κ2) is 7.48. The van der Waals surface area contributed by atoms with Crippen molar-refractivity contribution in [3.8, 4) is 11.5 Å². The summed E-state index contributed by atoms with van der Waals surface area (Å²) in [4.78, 5) is 26.7. The molecule has 0 fully saturated rings. The van der Waals surface area contributed by atoms with Crippen molar-refractivity contribution in [2.75, 3.05) is 23.9 Å². The molecule has 0 saturated heterocycles. The summed E-state index contributed by atoms with van der Waals surface area (Å²) >= 11 is 6.07. The first-order valence-corrected chi connectivity index (χ1v) is 8.92. The van der Waals surface area contributed by atoms with Crippen LogP contribution in [0.2, 0.25) is 5.02 Å². The van der Waals surface area contributed by atoms with Crippen molar-refractivity contribution in [2.24, 2.45) is 0 Å². The van der Waals surface area contributed by atoms with Gasteiger partial charge in [-0.1, -0.05) is 17.7 Å². The van der Waals surface area contributed by atoms with Crippen LogP contribution in [-0.4, -0.2) is 31.1 Å². The first-order valence-electron chi connectivity index (χ1n) is 8.54. The Morgan fingerprint density at radius 2 is 2.04 bits per heavy atom. The molecule has 1 N–H and O–H groups in total. The zero-order chi connectivity index (χ0) is 19.6. The van der Waals surface area contributed by atoms with Gasteiger partial charge in [0.15, 0.2) is 5.60 Å². The maximum absolute atomic E-state index is 12.8. The third kappa shape index (κ3) is 4.17. The molecule has 0 saturated carbocycles. The molecule has 0 radical (unpaired) electrons. The van der Waals surface area contributed by atoms with Crippen LogP contribution in [0.3, 0.4) is 0 Å². The number of hydrogen-bond acceptors (Lipinski definition) is 4. The Bertz CT molecular complexity index is 882. The van der Waals surface area contributed by atoms with Gasteiger partial charge in [0.25, 0.3) is 5.91 Å². The molecule has 0 aromatic heterocycles. The average molecular weight is 389 g/mol. The molecule has 1 heterocycles. The van der Waals surface area contributed by atoms with Crippen LogP contribution in [0, 0.1) is 0 Å². The lowest BCUT2D eigenvalue weighted by molar-refractivity contribution is -0.132. The van der Waals surface area contributed by atoms with E-state index < -0.39 is 5.60 Å². The highest BCUT2D eigenvalue weighted by Crippen LogP contribution is 2.39. The quantitative estimate of drug-likeness (QED) is 0.843. The van der Waals surface area contributed by atoms with Gasteiger partial charge in [-0.15, -0.1) is 0 Å². The van der Waals surface area contributed by atoms with Crippen molar-refractivity contribution in [3.05, 3.63) is 47.5 Å². The smallest absolute Gasteiger partial charge is 0.270 e. The lowest BCUT2D eigenvalue weighted by Gasteiger charge is -2.38. The van der Waals surface area contributed by atoms with Gasteiger partial charge in [-0.25, -0.2) is 0 Å². The standard InChI is InChI=1S/C20H21ClN2O4/c1-20(2)19(25)23(16-11-13(21)7-8-17(16)27-20)10-9-18(24)22-14-5-4-6-15(12-14)26-3/h4-8,11-12H,9-10H2,1-3H3,(H,22,24). The fourth-order valence-electron chi connectivity index (χ4n) is 2.90. The lowest BCUT2D eigenvalue weighted by atomic mass is 10.0. The highest BCUT2D eigenvalue weighted by Gasteiger charge is 2.40. The van der Waals surface area contributed by atoms with Crippen LogP contribution in [-0.2, 0) is 9.59 Å². The number of halogens is 1. The van der Waals surface area contributed by atoms with Gasteiger partial charge in [0.05, 0.1) is 12.8 Å². The van der Waals surface area contributed by atoms with Crippen molar-refractivity contribution in [3.63, 3.8) is 0 Å². The van der Waals surface area contributed by atoms with Crippen LogP contribution in [0.25, 0.3) is 0 Å².